The topological polar surface area (TPSA) is 137 Å². The van der Waals surface area contributed by atoms with Gasteiger partial charge in [0.1, 0.15) is 28.2 Å². The highest BCUT2D eigenvalue weighted by atomic mass is 79.9. The number of likely N-dealkylation sites (tertiary alicyclic amines) is 1. The summed E-state index contributed by atoms with van der Waals surface area (Å²) >= 11 is 3.28. The van der Waals surface area contributed by atoms with Gasteiger partial charge in [-0.15, -0.1) is 12.4 Å². The molecule has 32 heavy (non-hydrogen) atoms. The van der Waals surface area contributed by atoms with Gasteiger partial charge >= 0.3 is 0 Å². The van der Waals surface area contributed by atoms with Gasteiger partial charge in [0.15, 0.2) is 5.43 Å². The van der Waals surface area contributed by atoms with Gasteiger partial charge in [0.05, 0.1) is 11.5 Å². The third kappa shape index (κ3) is 3.95. The zero-order chi connectivity index (χ0) is 22.4. The van der Waals surface area contributed by atoms with Crippen molar-refractivity contribution in [2.45, 2.75) is 18.4 Å². The molecule has 0 bridgehead atoms. The highest BCUT2D eigenvalue weighted by Crippen LogP contribution is 2.44. The number of likely N-dealkylation sites (N-methyl/N-ethyl adjacent to an activating group) is 1. The van der Waals surface area contributed by atoms with E-state index in [0.29, 0.717) is 28.6 Å². The van der Waals surface area contributed by atoms with Crippen molar-refractivity contribution < 1.29 is 24.7 Å². The van der Waals surface area contributed by atoms with Crippen molar-refractivity contribution >= 4 is 45.0 Å². The molecule has 170 valence electrons. The van der Waals surface area contributed by atoms with Crippen LogP contribution in [-0.2, 0) is 0 Å². The van der Waals surface area contributed by atoms with Crippen molar-refractivity contribution in [3.8, 4) is 22.8 Å². The summed E-state index contributed by atoms with van der Waals surface area (Å²) < 4.78 is 6.37. The first-order chi connectivity index (χ1) is 14.7. The van der Waals surface area contributed by atoms with E-state index in [4.69, 9.17) is 4.42 Å². The number of aromatic hydroxyl groups is 2. The molecule has 1 saturated heterocycles. The summed E-state index contributed by atoms with van der Waals surface area (Å²) in [6.45, 7) is 0.524. The van der Waals surface area contributed by atoms with Gasteiger partial charge < -0.3 is 24.6 Å². The van der Waals surface area contributed by atoms with Crippen LogP contribution in [0.5, 0.6) is 11.5 Å². The first-order valence-electron chi connectivity index (χ1n) is 9.51. The number of nitro groups is 1. The molecule has 3 N–H and O–H groups in total. The van der Waals surface area contributed by atoms with Crippen LogP contribution in [0.4, 0.5) is 5.69 Å². The Morgan fingerprint density at radius 1 is 1.25 bits per heavy atom. The first-order valence-corrected chi connectivity index (χ1v) is 10.3. The number of aliphatic hydroxyl groups is 1. The molecular formula is C21H20BrClN2O7. The molecule has 11 heteroatoms. The first kappa shape index (κ1) is 24.0. The lowest BCUT2D eigenvalue weighted by Crippen LogP contribution is -2.32. The second-order valence-electron chi connectivity index (χ2n) is 7.55. The van der Waals surface area contributed by atoms with Gasteiger partial charge in [0.25, 0.3) is 5.69 Å². The number of fused-ring (bicyclic) bond motifs is 1. The highest BCUT2D eigenvalue weighted by molar-refractivity contribution is 9.10. The standard InChI is InChI=1S/C21H19BrN2O7.ClH/c1-23-5-4-12(14(23)9-25)19-15(26)7-16(27)20-17(28)8-18(31-21(19)20)11-3-2-10(24(29)30)6-13(11)22;/h2-3,6-8,12,14,25-27H,4-5,9H2,1H3;1H/t12-,14+;/m0./s1. The van der Waals surface area contributed by atoms with E-state index in [2.05, 4.69) is 15.9 Å². The maximum Gasteiger partial charge on any atom is 0.270 e. The fourth-order valence-corrected chi connectivity index (χ4v) is 4.80. The smallest absolute Gasteiger partial charge is 0.270 e. The molecule has 9 nitrogen and oxygen atoms in total. The van der Waals surface area contributed by atoms with E-state index in [1.165, 1.54) is 24.3 Å². The number of benzene rings is 2. The molecule has 2 atom stereocenters. The van der Waals surface area contributed by atoms with E-state index in [1.807, 2.05) is 11.9 Å². The predicted molar refractivity (Wildman–Crippen MR) is 124 cm³/mol. The number of hydrogen-bond acceptors (Lipinski definition) is 8. The van der Waals surface area contributed by atoms with Gasteiger partial charge in [0, 0.05) is 51.8 Å². The van der Waals surface area contributed by atoms with Crippen molar-refractivity contribution in [3.63, 3.8) is 0 Å². The van der Waals surface area contributed by atoms with Crippen molar-refractivity contribution in [2.24, 2.45) is 0 Å². The van der Waals surface area contributed by atoms with Gasteiger partial charge in [-0.25, -0.2) is 0 Å². The van der Waals surface area contributed by atoms with Gasteiger partial charge in [0.2, 0.25) is 0 Å². The Hall–Kier alpha value is -2.66. The van der Waals surface area contributed by atoms with Crippen LogP contribution in [0.15, 0.2) is 44.0 Å². The van der Waals surface area contributed by atoms with Crippen LogP contribution in [0.2, 0.25) is 0 Å². The minimum absolute atomic E-state index is 0. The maximum absolute atomic E-state index is 12.9. The van der Waals surface area contributed by atoms with Crippen molar-refractivity contribution in [2.75, 3.05) is 20.2 Å². The summed E-state index contributed by atoms with van der Waals surface area (Å²) in [6.07, 6.45) is 0.615. The van der Waals surface area contributed by atoms with Gasteiger partial charge in [-0.2, -0.15) is 0 Å². The quantitative estimate of drug-likeness (QED) is 0.345. The van der Waals surface area contributed by atoms with Crippen LogP contribution in [0.25, 0.3) is 22.3 Å². The second kappa shape index (κ2) is 9.07. The average Bonchev–Trinajstić information content (AvgIpc) is 3.07. The van der Waals surface area contributed by atoms with Gasteiger partial charge in [-0.05, 0) is 42.0 Å². The van der Waals surface area contributed by atoms with Crippen LogP contribution in [0.3, 0.4) is 0 Å². The van der Waals surface area contributed by atoms with Crippen LogP contribution in [0, 0.1) is 10.1 Å². The number of phenols is 2. The Morgan fingerprint density at radius 2 is 1.97 bits per heavy atom. The molecule has 0 unspecified atom stereocenters. The fraction of sp³-hybridized carbons (Fsp3) is 0.286. The van der Waals surface area contributed by atoms with Crippen molar-refractivity contribution in [1.82, 2.24) is 4.90 Å². The van der Waals surface area contributed by atoms with Crippen LogP contribution < -0.4 is 5.43 Å². The molecule has 4 rings (SSSR count). The van der Waals surface area contributed by atoms with Crippen LogP contribution in [-0.4, -0.2) is 51.4 Å². The summed E-state index contributed by atoms with van der Waals surface area (Å²) in [5.74, 6) is -0.841. The second-order valence-corrected chi connectivity index (χ2v) is 8.41. The number of nitrogens with zero attached hydrogens (tertiary/aromatic N) is 2. The number of halogens is 2. The third-order valence-corrected chi connectivity index (χ3v) is 6.46. The van der Waals surface area contributed by atoms with Crippen molar-refractivity contribution in [1.29, 1.82) is 0 Å². The molecule has 1 fully saturated rings. The van der Waals surface area contributed by atoms with Crippen LogP contribution in [0.1, 0.15) is 17.9 Å². The van der Waals surface area contributed by atoms with E-state index in [-0.39, 0.29) is 59.1 Å². The molecule has 0 aliphatic carbocycles. The summed E-state index contributed by atoms with van der Waals surface area (Å²) in [5.41, 5.74) is 0.125. The molecule has 1 aliphatic heterocycles. The minimum atomic E-state index is -0.537. The highest BCUT2D eigenvalue weighted by Gasteiger charge is 2.36. The van der Waals surface area contributed by atoms with E-state index >= 15 is 0 Å². The SMILES string of the molecule is CN1CC[C@H](c2c(O)cc(O)c3c(=O)cc(-c4ccc([N+](=O)[O-])cc4Br)oc23)[C@H]1CO.Cl. The molecule has 0 spiro atoms. The Bertz CT molecular complexity index is 1260. The van der Waals surface area contributed by atoms with Gasteiger partial charge in [-0.1, -0.05) is 0 Å². The molecule has 1 aromatic heterocycles. The molecule has 0 radical (unpaired) electrons. The Morgan fingerprint density at radius 3 is 2.59 bits per heavy atom. The number of aliphatic hydroxyl groups excluding tert-OH is 1. The number of phenolic OH excluding ortho intramolecular Hbond substituents is 2. The Labute approximate surface area is 196 Å². The number of rotatable bonds is 4. The molecule has 3 aromatic rings. The van der Waals surface area contributed by atoms with E-state index < -0.39 is 16.1 Å². The van der Waals surface area contributed by atoms with Crippen LogP contribution >= 0.6 is 28.3 Å². The molecule has 2 aromatic carbocycles. The average molecular weight is 528 g/mol. The summed E-state index contributed by atoms with van der Waals surface area (Å²) in [4.78, 5) is 25.3. The fourth-order valence-electron chi connectivity index (χ4n) is 4.24. The summed E-state index contributed by atoms with van der Waals surface area (Å²) in [5, 5.41) is 41.8. The summed E-state index contributed by atoms with van der Waals surface area (Å²) in [6, 6.07) is 6.06. The maximum atomic E-state index is 12.9. The van der Waals surface area contributed by atoms with E-state index in [0.717, 1.165) is 6.07 Å². The van der Waals surface area contributed by atoms with Crippen molar-refractivity contribution in [3.05, 3.63) is 60.7 Å². The molecule has 0 saturated carbocycles. The lowest BCUT2D eigenvalue weighted by molar-refractivity contribution is -0.384. The monoisotopic (exact) mass is 526 g/mol. The Kier molecular flexibility index (Phi) is 6.80. The largest absolute Gasteiger partial charge is 0.507 e. The Balaban J connectivity index is 0.00000289. The zero-order valence-corrected chi connectivity index (χ0v) is 19.2. The zero-order valence-electron chi connectivity index (χ0n) is 16.8. The lowest BCUT2D eigenvalue weighted by Gasteiger charge is -2.24. The molecule has 2 heterocycles. The molecular weight excluding hydrogens is 508 g/mol. The predicted octanol–water partition coefficient (Wildman–Crippen LogP) is 3.74. The molecule has 0 amide bonds. The third-order valence-electron chi connectivity index (χ3n) is 5.81. The van der Waals surface area contributed by atoms with E-state index in [1.54, 1.807) is 0 Å². The normalized spacial score (nSPS) is 18.6. The van der Waals surface area contributed by atoms with Gasteiger partial charge in [-0.3, -0.25) is 14.9 Å². The number of non-ortho nitro benzene ring substituents is 1. The minimum Gasteiger partial charge on any atom is -0.507 e. The summed E-state index contributed by atoms with van der Waals surface area (Å²) in [7, 11) is 1.86. The van der Waals surface area contributed by atoms with E-state index in [9.17, 15) is 30.2 Å². The number of hydrogen-bond donors (Lipinski definition) is 3. The lowest BCUT2D eigenvalue weighted by atomic mass is 9.89. The number of nitro benzene ring substituents is 1. The molecule has 1 aliphatic rings.